The van der Waals surface area contributed by atoms with E-state index in [4.69, 9.17) is 9.47 Å². The van der Waals surface area contributed by atoms with Crippen LogP contribution >= 0.6 is 15.9 Å². The van der Waals surface area contributed by atoms with E-state index in [1.165, 1.54) is 0 Å². The Morgan fingerprint density at radius 1 is 1.00 bits per heavy atom. The highest BCUT2D eigenvalue weighted by Crippen LogP contribution is 2.29. The quantitative estimate of drug-likeness (QED) is 0.642. The van der Waals surface area contributed by atoms with E-state index < -0.39 is 0 Å². The van der Waals surface area contributed by atoms with Crippen molar-refractivity contribution in [1.82, 2.24) is 0 Å². The lowest BCUT2D eigenvalue weighted by molar-refractivity contribution is 0.299. The van der Waals surface area contributed by atoms with E-state index in [9.17, 15) is 0 Å². The van der Waals surface area contributed by atoms with Gasteiger partial charge in [-0.05, 0) is 47.0 Å². The van der Waals surface area contributed by atoms with E-state index in [0.717, 1.165) is 54.9 Å². The van der Waals surface area contributed by atoms with Crippen LogP contribution in [0, 0.1) is 0 Å². The van der Waals surface area contributed by atoms with E-state index in [2.05, 4.69) is 29.8 Å². The maximum absolute atomic E-state index is 5.66. The molecular formula is C14H21BrO2. The van der Waals surface area contributed by atoms with Gasteiger partial charge in [0.25, 0.3) is 0 Å². The average Bonchev–Trinajstić information content (AvgIpc) is 2.32. The van der Waals surface area contributed by atoms with E-state index in [-0.39, 0.29) is 0 Å². The van der Waals surface area contributed by atoms with Crippen LogP contribution in [0.4, 0.5) is 0 Å². The summed E-state index contributed by atoms with van der Waals surface area (Å²) in [6.07, 6.45) is 4.47. The molecule has 0 radical (unpaired) electrons. The Bertz CT molecular complexity index is 326. The van der Waals surface area contributed by atoms with Gasteiger partial charge in [-0.2, -0.15) is 0 Å². The van der Waals surface area contributed by atoms with E-state index in [1.54, 1.807) is 0 Å². The first-order valence-corrected chi connectivity index (χ1v) is 7.12. The number of hydrogen-bond donors (Lipinski definition) is 0. The standard InChI is InChI=1S/C14H21BrO2/c1-3-5-9-16-12-7-8-14(13(15)11-12)17-10-6-4-2/h7-8,11H,3-6,9-10H2,1-2H3. The van der Waals surface area contributed by atoms with Crippen molar-refractivity contribution in [1.29, 1.82) is 0 Å². The topological polar surface area (TPSA) is 18.5 Å². The Hall–Kier alpha value is -0.700. The molecule has 2 nitrogen and oxygen atoms in total. The van der Waals surface area contributed by atoms with Crippen LogP contribution in [0.15, 0.2) is 22.7 Å². The molecule has 0 fully saturated rings. The molecule has 0 saturated heterocycles. The van der Waals surface area contributed by atoms with Crippen molar-refractivity contribution < 1.29 is 9.47 Å². The molecule has 0 bridgehead atoms. The molecule has 1 rings (SSSR count). The number of ether oxygens (including phenoxy) is 2. The van der Waals surface area contributed by atoms with Crippen molar-refractivity contribution in [2.45, 2.75) is 39.5 Å². The first-order chi connectivity index (χ1) is 8.27. The van der Waals surface area contributed by atoms with Gasteiger partial charge in [-0.1, -0.05) is 26.7 Å². The summed E-state index contributed by atoms with van der Waals surface area (Å²) < 4.78 is 12.2. The van der Waals surface area contributed by atoms with Crippen LogP contribution in [0.25, 0.3) is 0 Å². The third-order valence-corrected chi connectivity index (χ3v) is 3.05. The predicted molar refractivity (Wildman–Crippen MR) is 74.9 cm³/mol. The molecular weight excluding hydrogens is 280 g/mol. The molecule has 0 spiro atoms. The summed E-state index contributed by atoms with van der Waals surface area (Å²) in [6.45, 7) is 5.86. The Labute approximate surface area is 112 Å². The number of benzene rings is 1. The Kier molecular flexibility index (Phi) is 7.10. The van der Waals surface area contributed by atoms with E-state index in [0.29, 0.717) is 0 Å². The summed E-state index contributed by atoms with van der Waals surface area (Å²) in [5.74, 6) is 1.79. The lowest BCUT2D eigenvalue weighted by atomic mass is 10.3. The van der Waals surface area contributed by atoms with Crippen molar-refractivity contribution in [2.24, 2.45) is 0 Å². The van der Waals surface area contributed by atoms with Crippen molar-refractivity contribution in [3.8, 4) is 11.5 Å². The third kappa shape index (κ3) is 5.44. The highest BCUT2D eigenvalue weighted by Gasteiger charge is 2.03. The Morgan fingerprint density at radius 3 is 2.24 bits per heavy atom. The van der Waals surface area contributed by atoms with Gasteiger partial charge in [-0.3, -0.25) is 0 Å². The zero-order valence-corrected chi connectivity index (χ0v) is 12.3. The normalized spacial score (nSPS) is 10.3. The molecule has 0 amide bonds. The molecule has 0 aromatic heterocycles. The number of hydrogen-bond acceptors (Lipinski definition) is 2. The highest BCUT2D eigenvalue weighted by molar-refractivity contribution is 9.10. The number of halogens is 1. The lowest BCUT2D eigenvalue weighted by Gasteiger charge is -2.10. The van der Waals surface area contributed by atoms with E-state index in [1.807, 2.05) is 18.2 Å². The Balaban J connectivity index is 2.47. The van der Waals surface area contributed by atoms with Gasteiger partial charge in [0.2, 0.25) is 0 Å². The number of unbranched alkanes of at least 4 members (excludes halogenated alkanes) is 2. The van der Waals surface area contributed by atoms with Crippen LogP contribution < -0.4 is 9.47 Å². The van der Waals surface area contributed by atoms with Crippen LogP contribution in [0.5, 0.6) is 11.5 Å². The average molecular weight is 301 g/mol. The molecule has 17 heavy (non-hydrogen) atoms. The van der Waals surface area contributed by atoms with Gasteiger partial charge in [0.1, 0.15) is 11.5 Å². The second-order valence-electron chi connectivity index (χ2n) is 4.00. The summed E-state index contributed by atoms with van der Waals surface area (Å²) in [6, 6.07) is 5.89. The molecule has 96 valence electrons. The molecule has 0 aliphatic carbocycles. The van der Waals surface area contributed by atoms with Crippen molar-refractivity contribution in [3.63, 3.8) is 0 Å². The molecule has 1 aromatic rings. The third-order valence-electron chi connectivity index (χ3n) is 2.43. The van der Waals surface area contributed by atoms with Gasteiger partial charge in [0.15, 0.2) is 0 Å². The van der Waals surface area contributed by atoms with Crippen LogP contribution in [-0.2, 0) is 0 Å². The molecule has 0 heterocycles. The molecule has 0 saturated carbocycles. The zero-order chi connectivity index (χ0) is 12.5. The SMILES string of the molecule is CCCCOc1ccc(OCCCC)c(Br)c1. The van der Waals surface area contributed by atoms with Crippen molar-refractivity contribution in [3.05, 3.63) is 22.7 Å². The molecule has 0 unspecified atom stereocenters. The zero-order valence-electron chi connectivity index (χ0n) is 10.7. The van der Waals surface area contributed by atoms with E-state index >= 15 is 0 Å². The van der Waals surface area contributed by atoms with Crippen LogP contribution in [0.2, 0.25) is 0 Å². The van der Waals surface area contributed by atoms with Gasteiger partial charge in [-0.25, -0.2) is 0 Å². The van der Waals surface area contributed by atoms with Gasteiger partial charge in [-0.15, -0.1) is 0 Å². The Morgan fingerprint density at radius 2 is 1.65 bits per heavy atom. The molecule has 0 aliphatic heterocycles. The molecule has 0 N–H and O–H groups in total. The summed E-state index contributed by atoms with van der Waals surface area (Å²) in [5, 5.41) is 0. The molecule has 0 atom stereocenters. The van der Waals surface area contributed by atoms with Gasteiger partial charge < -0.3 is 9.47 Å². The summed E-state index contributed by atoms with van der Waals surface area (Å²) >= 11 is 3.50. The van der Waals surface area contributed by atoms with Crippen LogP contribution in [0.3, 0.4) is 0 Å². The fourth-order valence-corrected chi connectivity index (χ4v) is 1.82. The second-order valence-corrected chi connectivity index (χ2v) is 4.85. The van der Waals surface area contributed by atoms with Gasteiger partial charge >= 0.3 is 0 Å². The first kappa shape index (κ1) is 14.4. The minimum atomic E-state index is 0.769. The van der Waals surface area contributed by atoms with Crippen molar-refractivity contribution in [2.75, 3.05) is 13.2 Å². The van der Waals surface area contributed by atoms with Crippen LogP contribution in [-0.4, -0.2) is 13.2 Å². The smallest absolute Gasteiger partial charge is 0.133 e. The lowest BCUT2D eigenvalue weighted by Crippen LogP contribution is -1.99. The predicted octanol–water partition coefficient (Wildman–Crippen LogP) is 4.81. The molecule has 0 aliphatic rings. The van der Waals surface area contributed by atoms with Gasteiger partial charge in [0, 0.05) is 0 Å². The monoisotopic (exact) mass is 300 g/mol. The largest absolute Gasteiger partial charge is 0.494 e. The number of rotatable bonds is 8. The fourth-order valence-electron chi connectivity index (χ4n) is 1.35. The summed E-state index contributed by atoms with van der Waals surface area (Å²) in [7, 11) is 0. The minimum Gasteiger partial charge on any atom is -0.494 e. The minimum absolute atomic E-state index is 0.769. The van der Waals surface area contributed by atoms with Gasteiger partial charge in [0.05, 0.1) is 17.7 Å². The summed E-state index contributed by atoms with van der Waals surface area (Å²) in [5.41, 5.74) is 0. The molecule has 3 heteroatoms. The summed E-state index contributed by atoms with van der Waals surface area (Å²) in [4.78, 5) is 0. The highest BCUT2D eigenvalue weighted by atomic mass is 79.9. The van der Waals surface area contributed by atoms with Crippen molar-refractivity contribution >= 4 is 15.9 Å². The second kappa shape index (κ2) is 8.40. The first-order valence-electron chi connectivity index (χ1n) is 6.33. The maximum atomic E-state index is 5.66. The maximum Gasteiger partial charge on any atom is 0.133 e. The fraction of sp³-hybridized carbons (Fsp3) is 0.571. The van der Waals surface area contributed by atoms with Crippen LogP contribution in [0.1, 0.15) is 39.5 Å². The molecule has 1 aromatic carbocycles.